The van der Waals surface area contributed by atoms with Gasteiger partial charge < -0.3 is 4.74 Å². The van der Waals surface area contributed by atoms with E-state index >= 15 is 0 Å². The van der Waals surface area contributed by atoms with Crippen molar-refractivity contribution in [1.29, 1.82) is 0 Å². The van der Waals surface area contributed by atoms with Gasteiger partial charge in [-0.25, -0.2) is 0 Å². The minimum absolute atomic E-state index is 0.171. The molecule has 6 nitrogen and oxygen atoms in total. The van der Waals surface area contributed by atoms with Crippen molar-refractivity contribution < 1.29 is 27.3 Å². The number of ether oxygens (including phenoxy) is 1. The number of rotatable bonds is 3. The van der Waals surface area contributed by atoms with Crippen molar-refractivity contribution in [2.45, 2.75) is 11.8 Å². The highest BCUT2D eigenvalue weighted by Crippen LogP contribution is 2.36. The highest BCUT2D eigenvalue weighted by Gasteiger charge is 2.32. The van der Waals surface area contributed by atoms with E-state index in [0.717, 1.165) is 0 Å². The smallest absolute Gasteiger partial charge is 0.294 e. The van der Waals surface area contributed by atoms with Crippen molar-refractivity contribution in [2.75, 3.05) is 0 Å². The van der Waals surface area contributed by atoms with Crippen LogP contribution in [0.1, 0.15) is 37.4 Å². The number of benzene rings is 3. The number of aryl methyl sites for hydroxylation is 1. The van der Waals surface area contributed by atoms with E-state index in [1.165, 1.54) is 18.2 Å². The van der Waals surface area contributed by atoms with Crippen molar-refractivity contribution in [3.8, 4) is 11.5 Å². The maximum Gasteiger partial charge on any atom is 0.294 e. The first kappa shape index (κ1) is 18.1. The molecule has 0 atom stereocenters. The molecule has 0 spiro atoms. The van der Waals surface area contributed by atoms with Gasteiger partial charge in [0.25, 0.3) is 10.1 Å². The van der Waals surface area contributed by atoms with Crippen molar-refractivity contribution in [3.05, 3.63) is 88.5 Å². The Balaban J connectivity index is 1.80. The third-order valence-electron chi connectivity index (χ3n) is 4.58. The third-order valence-corrected chi connectivity index (χ3v) is 5.43. The van der Waals surface area contributed by atoms with Crippen molar-refractivity contribution in [2.24, 2.45) is 0 Å². The Morgan fingerprint density at radius 3 is 2.07 bits per heavy atom. The van der Waals surface area contributed by atoms with E-state index in [2.05, 4.69) is 0 Å². The predicted octanol–water partition coefficient (Wildman–Crippen LogP) is 3.81. The van der Waals surface area contributed by atoms with Crippen LogP contribution in [-0.4, -0.2) is 24.5 Å². The molecule has 0 radical (unpaired) electrons. The number of hydrogen-bond acceptors (Lipinski definition) is 5. The molecule has 0 aromatic heterocycles. The summed E-state index contributed by atoms with van der Waals surface area (Å²) in [5.74, 6) is -0.0601. The van der Waals surface area contributed by atoms with E-state index in [1.54, 1.807) is 49.4 Å². The van der Waals surface area contributed by atoms with Gasteiger partial charge in [-0.3, -0.25) is 14.1 Å². The molecule has 28 heavy (non-hydrogen) atoms. The molecule has 140 valence electrons. The molecule has 1 aliphatic carbocycles. The SMILES string of the molecule is Cc1cc(S(=O)(=O)O)ccc1Oc1cccc2c1C(=O)c1ccccc1C2=O. The second-order valence-corrected chi connectivity index (χ2v) is 7.81. The highest BCUT2D eigenvalue weighted by atomic mass is 32.2. The minimum atomic E-state index is -4.33. The lowest BCUT2D eigenvalue weighted by Crippen LogP contribution is -2.21. The van der Waals surface area contributed by atoms with Gasteiger partial charge in [-0.1, -0.05) is 36.4 Å². The van der Waals surface area contributed by atoms with Crippen LogP contribution in [0.3, 0.4) is 0 Å². The second kappa shape index (κ2) is 6.40. The fraction of sp³-hybridized carbons (Fsp3) is 0.0476. The van der Waals surface area contributed by atoms with Crippen molar-refractivity contribution in [3.63, 3.8) is 0 Å². The molecule has 0 saturated heterocycles. The summed E-state index contributed by atoms with van der Waals surface area (Å²) >= 11 is 0. The number of carbonyl (C=O) groups excluding carboxylic acids is 2. The number of hydrogen-bond donors (Lipinski definition) is 1. The topological polar surface area (TPSA) is 97.7 Å². The first-order valence-corrected chi connectivity index (χ1v) is 9.79. The molecule has 0 aliphatic heterocycles. The van der Waals surface area contributed by atoms with E-state index < -0.39 is 10.1 Å². The van der Waals surface area contributed by atoms with Gasteiger partial charge in [0, 0.05) is 16.7 Å². The lowest BCUT2D eigenvalue weighted by atomic mass is 9.83. The van der Waals surface area contributed by atoms with Crippen molar-refractivity contribution in [1.82, 2.24) is 0 Å². The maximum absolute atomic E-state index is 13.0. The van der Waals surface area contributed by atoms with Crippen LogP contribution in [0.5, 0.6) is 11.5 Å². The Morgan fingerprint density at radius 1 is 0.786 bits per heavy atom. The van der Waals surface area contributed by atoms with Gasteiger partial charge >= 0.3 is 0 Å². The molecule has 3 aromatic rings. The van der Waals surface area contributed by atoms with Gasteiger partial charge in [0.1, 0.15) is 11.5 Å². The summed E-state index contributed by atoms with van der Waals surface area (Å²) in [5.41, 5.74) is 1.54. The average molecular weight is 394 g/mol. The molecular formula is C21H14O6S. The van der Waals surface area contributed by atoms with Gasteiger partial charge in [0.2, 0.25) is 0 Å². The summed E-state index contributed by atoms with van der Waals surface area (Å²) in [5, 5.41) is 0. The van der Waals surface area contributed by atoms with Crippen molar-refractivity contribution >= 4 is 21.7 Å². The molecule has 0 bridgehead atoms. The molecule has 7 heteroatoms. The molecule has 3 aromatic carbocycles. The Hall–Kier alpha value is -3.29. The summed E-state index contributed by atoms with van der Waals surface area (Å²) in [6.07, 6.45) is 0. The molecule has 1 N–H and O–H groups in total. The normalized spacial score (nSPS) is 13.1. The molecule has 0 amide bonds. The summed E-state index contributed by atoms with van der Waals surface area (Å²) in [6.45, 7) is 1.61. The zero-order chi connectivity index (χ0) is 20.1. The van der Waals surface area contributed by atoms with Gasteiger partial charge in [0.15, 0.2) is 11.6 Å². The Bertz CT molecular complexity index is 1260. The van der Waals surface area contributed by atoms with Gasteiger partial charge in [-0.05, 0) is 36.8 Å². The Morgan fingerprint density at radius 2 is 1.43 bits per heavy atom. The van der Waals surface area contributed by atoms with E-state index in [0.29, 0.717) is 22.4 Å². The standard InChI is InChI=1S/C21H14O6S/c1-12-11-13(28(24,25)26)9-10-17(12)27-18-8-4-7-16-19(18)21(23)15-6-3-2-5-14(15)20(16)22/h2-11H,1H3,(H,24,25,26). The van der Waals surface area contributed by atoms with Gasteiger partial charge in [-0.2, -0.15) is 8.42 Å². The first-order chi connectivity index (χ1) is 13.3. The zero-order valence-electron chi connectivity index (χ0n) is 14.7. The van der Waals surface area contributed by atoms with E-state index in [1.807, 2.05) is 0 Å². The molecule has 0 heterocycles. The van der Waals surface area contributed by atoms with Crippen LogP contribution < -0.4 is 4.74 Å². The molecule has 1 aliphatic rings. The average Bonchev–Trinajstić information content (AvgIpc) is 2.67. The van der Waals surface area contributed by atoms with Crippen LogP contribution in [0.2, 0.25) is 0 Å². The third kappa shape index (κ3) is 2.90. The number of ketones is 2. The fourth-order valence-corrected chi connectivity index (χ4v) is 3.78. The number of carbonyl (C=O) groups is 2. The van der Waals surface area contributed by atoms with E-state index in [9.17, 15) is 18.0 Å². The summed E-state index contributed by atoms with van der Waals surface area (Å²) in [6, 6.07) is 15.2. The lowest BCUT2D eigenvalue weighted by molar-refractivity contribution is 0.0977. The van der Waals surface area contributed by atoms with Crippen LogP contribution in [0.25, 0.3) is 0 Å². The van der Waals surface area contributed by atoms with E-state index in [-0.39, 0.29) is 33.3 Å². The predicted molar refractivity (Wildman–Crippen MR) is 101 cm³/mol. The van der Waals surface area contributed by atoms with Crippen LogP contribution in [-0.2, 0) is 10.1 Å². The van der Waals surface area contributed by atoms with Crippen LogP contribution >= 0.6 is 0 Å². The largest absolute Gasteiger partial charge is 0.456 e. The molecule has 4 rings (SSSR count). The van der Waals surface area contributed by atoms with Crippen LogP contribution in [0.15, 0.2) is 65.6 Å². The molecule has 0 unspecified atom stereocenters. The highest BCUT2D eigenvalue weighted by molar-refractivity contribution is 7.85. The Kier molecular flexibility index (Phi) is 4.14. The summed E-state index contributed by atoms with van der Waals surface area (Å²) < 4.78 is 37.6. The molecular weight excluding hydrogens is 380 g/mol. The summed E-state index contributed by atoms with van der Waals surface area (Å²) in [7, 11) is -4.33. The lowest BCUT2D eigenvalue weighted by Gasteiger charge is -2.20. The second-order valence-electron chi connectivity index (χ2n) is 6.39. The monoisotopic (exact) mass is 394 g/mol. The molecule has 0 saturated carbocycles. The maximum atomic E-state index is 13.0. The first-order valence-electron chi connectivity index (χ1n) is 8.35. The Labute approximate surface area is 161 Å². The number of fused-ring (bicyclic) bond motifs is 2. The van der Waals surface area contributed by atoms with E-state index in [4.69, 9.17) is 9.29 Å². The van der Waals surface area contributed by atoms with Crippen LogP contribution in [0, 0.1) is 6.92 Å². The molecule has 0 fully saturated rings. The van der Waals surface area contributed by atoms with Gasteiger partial charge in [-0.15, -0.1) is 0 Å². The van der Waals surface area contributed by atoms with Crippen LogP contribution in [0.4, 0.5) is 0 Å². The zero-order valence-corrected chi connectivity index (χ0v) is 15.5. The fourth-order valence-electron chi connectivity index (χ4n) is 3.21. The van der Waals surface area contributed by atoms with Gasteiger partial charge in [0.05, 0.1) is 10.5 Å². The minimum Gasteiger partial charge on any atom is -0.456 e. The summed E-state index contributed by atoms with van der Waals surface area (Å²) in [4.78, 5) is 25.5. The quantitative estimate of drug-likeness (QED) is 0.531.